The Balaban J connectivity index is 3.85. The molecule has 2 heteroatoms. The molecule has 2 nitrogen and oxygen atoms in total. The molecule has 0 saturated heterocycles. The van der Waals surface area contributed by atoms with Crippen molar-refractivity contribution in [3.63, 3.8) is 0 Å². The summed E-state index contributed by atoms with van der Waals surface area (Å²) in [5, 5.41) is 9.52. The second-order valence-electron chi connectivity index (χ2n) is 5.32. The van der Waals surface area contributed by atoms with Gasteiger partial charge < -0.3 is 5.11 Å². The predicted octanol–water partition coefficient (Wildman–Crippen LogP) is 2.79. The lowest BCUT2D eigenvalue weighted by molar-refractivity contribution is -0.123. The van der Waals surface area contributed by atoms with E-state index in [2.05, 4.69) is 13.8 Å². The van der Waals surface area contributed by atoms with Gasteiger partial charge in [0.2, 0.25) is 0 Å². The van der Waals surface area contributed by atoms with Gasteiger partial charge in [-0.15, -0.1) is 0 Å². The summed E-state index contributed by atoms with van der Waals surface area (Å²) in [4.78, 5) is 11.6. The molecular formula is C12H24O2. The van der Waals surface area contributed by atoms with Crippen LogP contribution in [0.25, 0.3) is 0 Å². The van der Waals surface area contributed by atoms with Crippen LogP contribution in [0.15, 0.2) is 0 Å². The van der Waals surface area contributed by atoms with E-state index < -0.39 is 5.60 Å². The van der Waals surface area contributed by atoms with Crippen LogP contribution in [0.1, 0.15) is 53.9 Å². The Morgan fingerprint density at radius 3 is 2.14 bits per heavy atom. The van der Waals surface area contributed by atoms with Crippen molar-refractivity contribution in [2.45, 2.75) is 59.5 Å². The van der Waals surface area contributed by atoms with Crippen LogP contribution in [0.4, 0.5) is 0 Å². The van der Waals surface area contributed by atoms with E-state index in [0.717, 1.165) is 6.42 Å². The van der Waals surface area contributed by atoms with Crippen molar-refractivity contribution < 1.29 is 9.90 Å². The second kappa shape index (κ2) is 5.50. The van der Waals surface area contributed by atoms with Gasteiger partial charge in [0.15, 0.2) is 0 Å². The van der Waals surface area contributed by atoms with Gasteiger partial charge in [-0.25, -0.2) is 0 Å². The van der Waals surface area contributed by atoms with Gasteiger partial charge in [0.1, 0.15) is 5.78 Å². The van der Waals surface area contributed by atoms with E-state index in [-0.39, 0.29) is 5.92 Å². The van der Waals surface area contributed by atoms with Gasteiger partial charge in [0, 0.05) is 12.3 Å². The van der Waals surface area contributed by atoms with Crippen molar-refractivity contribution in [3.8, 4) is 0 Å². The van der Waals surface area contributed by atoms with E-state index >= 15 is 0 Å². The molecule has 1 N–H and O–H groups in total. The van der Waals surface area contributed by atoms with Crippen molar-refractivity contribution in [1.29, 1.82) is 0 Å². The topological polar surface area (TPSA) is 37.3 Å². The fraction of sp³-hybridized carbons (Fsp3) is 0.917. The lowest BCUT2D eigenvalue weighted by Crippen LogP contribution is -2.22. The van der Waals surface area contributed by atoms with Gasteiger partial charge in [-0.1, -0.05) is 20.8 Å². The summed E-state index contributed by atoms with van der Waals surface area (Å²) in [5.41, 5.74) is -0.646. The van der Waals surface area contributed by atoms with E-state index in [0.29, 0.717) is 24.5 Å². The predicted molar refractivity (Wildman–Crippen MR) is 59.2 cm³/mol. The highest BCUT2D eigenvalue weighted by Gasteiger charge is 2.18. The van der Waals surface area contributed by atoms with Crippen molar-refractivity contribution in [3.05, 3.63) is 0 Å². The van der Waals surface area contributed by atoms with Crippen LogP contribution in [0.5, 0.6) is 0 Å². The molecule has 0 heterocycles. The highest BCUT2D eigenvalue weighted by molar-refractivity contribution is 5.80. The number of Topliss-reactive ketones (excluding diaryl/α,β-unsaturated/α-hetero) is 1. The first-order valence-electron chi connectivity index (χ1n) is 5.47. The van der Waals surface area contributed by atoms with Crippen LogP contribution < -0.4 is 0 Å². The number of carbonyl (C=O) groups excluding carboxylic acids is 1. The molecule has 14 heavy (non-hydrogen) atoms. The third-order valence-corrected chi connectivity index (χ3v) is 2.35. The molecule has 84 valence electrons. The maximum atomic E-state index is 11.6. The fourth-order valence-electron chi connectivity index (χ4n) is 1.33. The Hall–Kier alpha value is -0.370. The van der Waals surface area contributed by atoms with Gasteiger partial charge in [0.05, 0.1) is 5.60 Å². The van der Waals surface area contributed by atoms with Gasteiger partial charge in [-0.05, 0) is 32.6 Å². The zero-order valence-electron chi connectivity index (χ0n) is 10.1. The Morgan fingerprint density at radius 1 is 1.29 bits per heavy atom. The highest BCUT2D eigenvalue weighted by atomic mass is 16.3. The van der Waals surface area contributed by atoms with Crippen molar-refractivity contribution in [2.75, 3.05) is 0 Å². The number of ketones is 1. The summed E-state index contributed by atoms with van der Waals surface area (Å²) < 4.78 is 0. The highest BCUT2D eigenvalue weighted by Crippen LogP contribution is 2.18. The Labute approximate surface area is 87.7 Å². The lowest BCUT2D eigenvalue weighted by atomic mass is 9.90. The molecule has 0 saturated carbocycles. The molecule has 0 aromatic rings. The van der Waals surface area contributed by atoms with Crippen LogP contribution in [0.3, 0.4) is 0 Å². The maximum absolute atomic E-state index is 11.6. The minimum atomic E-state index is -0.646. The molecule has 0 amide bonds. The monoisotopic (exact) mass is 200 g/mol. The third-order valence-electron chi connectivity index (χ3n) is 2.35. The maximum Gasteiger partial charge on any atom is 0.135 e. The largest absolute Gasteiger partial charge is 0.390 e. The normalized spacial score (nSPS) is 14.5. The minimum absolute atomic E-state index is 0.0869. The van der Waals surface area contributed by atoms with E-state index in [1.165, 1.54) is 0 Å². The quantitative estimate of drug-likeness (QED) is 0.716. The Kier molecular flexibility index (Phi) is 5.35. The summed E-state index contributed by atoms with van der Waals surface area (Å²) in [6, 6.07) is 0. The van der Waals surface area contributed by atoms with E-state index in [9.17, 15) is 9.90 Å². The summed E-state index contributed by atoms with van der Waals surface area (Å²) in [5.74, 6) is 0.847. The molecule has 0 bridgehead atoms. The first kappa shape index (κ1) is 13.6. The van der Waals surface area contributed by atoms with Crippen molar-refractivity contribution >= 4 is 5.78 Å². The first-order valence-corrected chi connectivity index (χ1v) is 5.47. The fourth-order valence-corrected chi connectivity index (χ4v) is 1.33. The number of carbonyl (C=O) groups is 1. The van der Waals surface area contributed by atoms with E-state index in [1.54, 1.807) is 13.8 Å². The molecule has 1 atom stereocenters. The number of hydrogen-bond donors (Lipinski definition) is 1. The summed E-state index contributed by atoms with van der Waals surface area (Å²) in [6.45, 7) is 9.64. The second-order valence-corrected chi connectivity index (χ2v) is 5.32. The van der Waals surface area contributed by atoms with Crippen molar-refractivity contribution in [2.24, 2.45) is 11.8 Å². The zero-order valence-corrected chi connectivity index (χ0v) is 10.1. The Bertz CT molecular complexity index is 177. The van der Waals surface area contributed by atoms with Gasteiger partial charge in [-0.3, -0.25) is 4.79 Å². The zero-order chi connectivity index (χ0) is 11.4. The first-order chi connectivity index (χ1) is 6.22. The van der Waals surface area contributed by atoms with Crippen LogP contribution in [-0.2, 0) is 4.79 Å². The van der Waals surface area contributed by atoms with E-state index in [1.807, 2.05) is 6.92 Å². The summed E-state index contributed by atoms with van der Waals surface area (Å²) in [7, 11) is 0. The van der Waals surface area contributed by atoms with E-state index in [4.69, 9.17) is 0 Å². The average Bonchev–Trinajstić information content (AvgIpc) is 1.97. The average molecular weight is 200 g/mol. The molecular weight excluding hydrogens is 176 g/mol. The SMILES string of the molecule is CC(C)CC(=O)[C@H](C)CCC(C)(C)O. The Morgan fingerprint density at radius 2 is 1.79 bits per heavy atom. The molecule has 0 spiro atoms. The van der Waals surface area contributed by atoms with Crippen LogP contribution in [0, 0.1) is 11.8 Å². The molecule has 0 fully saturated rings. The standard InChI is InChI=1S/C12H24O2/c1-9(2)8-11(13)10(3)6-7-12(4,5)14/h9-10,14H,6-8H2,1-5H3/t10-/m1/s1. The van der Waals surface area contributed by atoms with Crippen LogP contribution >= 0.6 is 0 Å². The summed E-state index contributed by atoms with van der Waals surface area (Å²) >= 11 is 0. The molecule has 0 unspecified atom stereocenters. The molecule has 0 aromatic heterocycles. The lowest BCUT2D eigenvalue weighted by Gasteiger charge is -2.19. The van der Waals surface area contributed by atoms with Crippen LogP contribution in [-0.4, -0.2) is 16.5 Å². The molecule has 0 radical (unpaired) electrons. The number of rotatable bonds is 6. The molecule has 0 aliphatic carbocycles. The van der Waals surface area contributed by atoms with Gasteiger partial charge in [-0.2, -0.15) is 0 Å². The molecule has 0 aliphatic rings. The van der Waals surface area contributed by atoms with Crippen LogP contribution in [0.2, 0.25) is 0 Å². The van der Waals surface area contributed by atoms with Crippen molar-refractivity contribution in [1.82, 2.24) is 0 Å². The minimum Gasteiger partial charge on any atom is -0.390 e. The summed E-state index contributed by atoms with van der Waals surface area (Å²) in [6.07, 6.45) is 2.14. The molecule has 0 aliphatic heterocycles. The number of aliphatic hydroxyl groups is 1. The number of hydrogen-bond acceptors (Lipinski definition) is 2. The molecule has 0 aromatic carbocycles. The molecule has 0 rings (SSSR count). The van der Waals surface area contributed by atoms with Gasteiger partial charge in [0.25, 0.3) is 0 Å². The third kappa shape index (κ3) is 7.07. The smallest absolute Gasteiger partial charge is 0.135 e. The van der Waals surface area contributed by atoms with Gasteiger partial charge >= 0.3 is 0 Å².